The number of amides is 1. The first-order chi connectivity index (χ1) is 23.3. The zero-order valence-corrected chi connectivity index (χ0v) is 29.5. The van der Waals surface area contributed by atoms with E-state index in [4.69, 9.17) is 63.7 Å². The molecule has 0 aromatic heterocycles. The lowest BCUT2D eigenvalue weighted by Gasteiger charge is -2.14. The number of alkyl halides is 4. The Kier molecular flexibility index (Phi) is 12.4. The van der Waals surface area contributed by atoms with Gasteiger partial charge in [0.1, 0.15) is 5.88 Å². The van der Waals surface area contributed by atoms with Crippen molar-refractivity contribution >= 4 is 134 Å². The van der Waals surface area contributed by atoms with Gasteiger partial charge in [0.25, 0.3) is 0 Å². The van der Waals surface area contributed by atoms with Crippen molar-refractivity contribution in [3.05, 3.63) is 120 Å². The van der Waals surface area contributed by atoms with Gasteiger partial charge in [-0.2, -0.15) is 0 Å². The van der Waals surface area contributed by atoms with Crippen molar-refractivity contribution in [1.29, 1.82) is 0 Å². The van der Waals surface area contributed by atoms with Gasteiger partial charge in [0.2, 0.25) is 11.1 Å². The van der Waals surface area contributed by atoms with E-state index < -0.39 is 5.24 Å². The van der Waals surface area contributed by atoms with Gasteiger partial charge in [-0.3, -0.25) is 9.59 Å². The maximum atomic E-state index is 11.4. The third-order valence-electron chi connectivity index (χ3n) is 8.16. The van der Waals surface area contributed by atoms with Crippen molar-refractivity contribution < 1.29 is 9.59 Å². The van der Waals surface area contributed by atoms with Crippen molar-refractivity contribution in [2.45, 2.75) is 13.1 Å². The Bertz CT molecular complexity index is 2290. The van der Waals surface area contributed by atoms with Crippen molar-refractivity contribution in [3.8, 4) is 0 Å². The molecule has 4 nitrogen and oxygen atoms in total. The van der Waals surface area contributed by atoms with E-state index >= 15 is 0 Å². The highest BCUT2D eigenvalue weighted by Crippen LogP contribution is 2.37. The molecule has 0 heterocycles. The van der Waals surface area contributed by atoms with Gasteiger partial charge in [-0.25, -0.2) is 0 Å². The first kappa shape index (κ1) is 35.7. The number of nitrogens with one attached hydrogen (secondary N) is 1. The summed E-state index contributed by atoms with van der Waals surface area (Å²) in [6, 6.07) is 38.8. The van der Waals surface area contributed by atoms with Crippen molar-refractivity contribution in [1.82, 2.24) is 5.32 Å². The molecule has 8 rings (SSSR count). The van der Waals surface area contributed by atoms with E-state index in [2.05, 4.69) is 115 Å². The number of rotatable bonds is 5. The molecule has 8 aromatic rings. The van der Waals surface area contributed by atoms with Gasteiger partial charge in [0.05, 0.1) is 11.2 Å². The molecule has 48 heavy (non-hydrogen) atoms. The number of hydrogen-bond acceptors (Lipinski definition) is 3. The fraction of sp³-hybridized carbons (Fsp3) is 0.128. The second-order valence-electron chi connectivity index (χ2n) is 10.9. The van der Waals surface area contributed by atoms with E-state index in [9.17, 15) is 9.59 Å². The second kappa shape index (κ2) is 16.7. The SMILES string of the molecule is ClCCl.NCc1ccc2ccc3cccc4ccc1c2c34.O=C(CCl)NCc1ccc2ccc3cccc4ccc1c2c34.O=C(Cl)CCl. The van der Waals surface area contributed by atoms with E-state index in [1.54, 1.807) is 0 Å². The zero-order chi connectivity index (χ0) is 34.2. The standard InChI is InChI=1S/C19H14ClNO.C17H13N.C2H2Cl2O.CH2Cl2/c20-10-17(22)21-11-15-7-6-14-5-4-12-2-1-3-13-8-9-16(15)19(14)18(12)13;18-10-14-7-6-13-5-4-11-2-1-3-12-8-9-15(14)17(13)16(11)12;3-1-2(4)5;2-1-3/h1-9H,10-11H2,(H,21,22);1-9H,10,18H2;1H2;1H2. The average Bonchev–Trinajstić information content (AvgIpc) is 3.12. The summed E-state index contributed by atoms with van der Waals surface area (Å²) in [6.07, 6.45) is 0. The molecule has 9 heteroatoms. The lowest BCUT2D eigenvalue weighted by molar-refractivity contribution is -0.118. The Morgan fingerprint density at radius 1 is 0.521 bits per heavy atom. The molecule has 1 amide bonds. The molecule has 0 bridgehead atoms. The van der Waals surface area contributed by atoms with Crippen LogP contribution in [0, 0.1) is 0 Å². The van der Waals surface area contributed by atoms with Crippen LogP contribution in [0.3, 0.4) is 0 Å². The van der Waals surface area contributed by atoms with E-state index in [0.717, 1.165) is 5.56 Å². The molecule has 0 saturated heterocycles. The molecule has 0 unspecified atom stereocenters. The number of halogens is 5. The Morgan fingerprint density at radius 2 is 0.875 bits per heavy atom. The van der Waals surface area contributed by atoms with Crippen molar-refractivity contribution in [3.63, 3.8) is 0 Å². The number of carbonyl (C=O) groups is 2. The smallest absolute Gasteiger partial charge is 0.236 e. The van der Waals surface area contributed by atoms with Gasteiger partial charge in [0, 0.05) is 13.1 Å². The molecule has 0 aliphatic heterocycles. The molecule has 0 aliphatic rings. The maximum Gasteiger partial charge on any atom is 0.236 e. The summed E-state index contributed by atoms with van der Waals surface area (Å²) in [5, 5.41) is 17.9. The lowest BCUT2D eigenvalue weighted by Crippen LogP contribution is -2.23. The molecule has 244 valence electrons. The average molecular weight is 737 g/mol. The van der Waals surface area contributed by atoms with E-state index in [-0.39, 0.29) is 23.0 Å². The van der Waals surface area contributed by atoms with E-state index in [0.29, 0.717) is 13.1 Å². The molecule has 0 saturated carbocycles. The minimum Gasteiger partial charge on any atom is -0.351 e. The van der Waals surface area contributed by atoms with Gasteiger partial charge < -0.3 is 11.1 Å². The molecular weight excluding hydrogens is 706 g/mol. The van der Waals surface area contributed by atoms with E-state index in [1.165, 1.54) is 70.2 Å². The topological polar surface area (TPSA) is 72.2 Å². The summed E-state index contributed by atoms with van der Waals surface area (Å²) in [4.78, 5) is 20.9. The highest BCUT2D eigenvalue weighted by atomic mass is 35.5. The third-order valence-corrected chi connectivity index (χ3v) is 8.92. The van der Waals surface area contributed by atoms with Crippen LogP contribution in [-0.4, -0.2) is 28.2 Å². The van der Waals surface area contributed by atoms with Gasteiger partial charge in [-0.1, -0.05) is 109 Å². The van der Waals surface area contributed by atoms with Crippen LogP contribution in [0.15, 0.2) is 109 Å². The first-order valence-corrected chi connectivity index (χ1v) is 17.6. The summed E-state index contributed by atoms with van der Waals surface area (Å²) in [5.74, 6) is -0.250. The van der Waals surface area contributed by atoms with Gasteiger partial charge >= 0.3 is 0 Å². The van der Waals surface area contributed by atoms with Crippen LogP contribution in [0.1, 0.15) is 11.1 Å². The summed E-state index contributed by atoms with van der Waals surface area (Å²) >= 11 is 24.6. The molecule has 3 N–H and O–H groups in total. The predicted octanol–water partition coefficient (Wildman–Crippen LogP) is 10.9. The predicted molar refractivity (Wildman–Crippen MR) is 209 cm³/mol. The van der Waals surface area contributed by atoms with Gasteiger partial charge in [0.15, 0.2) is 0 Å². The Morgan fingerprint density at radius 3 is 1.27 bits per heavy atom. The van der Waals surface area contributed by atoms with Crippen LogP contribution in [-0.2, 0) is 22.7 Å². The summed E-state index contributed by atoms with van der Waals surface area (Å²) in [6.45, 7) is 1.09. The number of carbonyl (C=O) groups excluding carboxylic acids is 2. The Balaban J connectivity index is 0.000000156. The summed E-state index contributed by atoms with van der Waals surface area (Å²) < 4.78 is 0. The molecule has 0 spiro atoms. The third kappa shape index (κ3) is 7.66. The van der Waals surface area contributed by atoms with Crippen molar-refractivity contribution in [2.75, 3.05) is 17.1 Å². The van der Waals surface area contributed by atoms with Crippen LogP contribution in [0.2, 0.25) is 0 Å². The minimum atomic E-state index is -0.508. The normalized spacial score (nSPS) is 10.9. The Labute approximate surface area is 303 Å². The van der Waals surface area contributed by atoms with Crippen LogP contribution in [0.4, 0.5) is 0 Å². The summed E-state index contributed by atoms with van der Waals surface area (Å²) in [7, 11) is 0. The molecule has 0 fully saturated rings. The monoisotopic (exact) mass is 734 g/mol. The Hall–Kier alpha value is -3.61. The van der Waals surface area contributed by atoms with Crippen LogP contribution in [0.5, 0.6) is 0 Å². The second-order valence-corrected chi connectivity index (χ2v) is 12.6. The van der Waals surface area contributed by atoms with Crippen LogP contribution >= 0.6 is 58.0 Å². The highest BCUT2D eigenvalue weighted by molar-refractivity contribution is 6.67. The maximum absolute atomic E-state index is 11.4. The summed E-state index contributed by atoms with van der Waals surface area (Å²) in [5.41, 5.74) is 8.19. The van der Waals surface area contributed by atoms with Crippen LogP contribution in [0.25, 0.3) is 64.6 Å². The lowest BCUT2D eigenvalue weighted by atomic mass is 9.92. The van der Waals surface area contributed by atoms with E-state index in [1.807, 2.05) is 0 Å². The molecular formula is C39H31Cl5N2O2. The quantitative estimate of drug-likeness (QED) is 0.105. The fourth-order valence-electron chi connectivity index (χ4n) is 6.16. The fourth-order valence-corrected chi connectivity index (χ4v) is 6.26. The van der Waals surface area contributed by atoms with Gasteiger partial charge in [-0.15, -0.1) is 46.4 Å². The minimum absolute atomic E-state index is 0.00810. The zero-order valence-electron chi connectivity index (χ0n) is 25.7. The number of benzene rings is 8. The first-order valence-electron chi connectivity index (χ1n) is 15.0. The van der Waals surface area contributed by atoms with Gasteiger partial charge in [-0.05, 0) is 87.4 Å². The molecule has 0 radical (unpaired) electrons. The van der Waals surface area contributed by atoms with Crippen LogP contribution < -0.4 is 11.1 Å². The molecule has 0 atom stereocenters. The highest BCUT2D eigenvalue weighted by Gasteiger charge is 2.12. The largest absolute Gasteiger partial charge is 0.351 e. The molecule has 8 aromatic carbocycles. The molecule has 0 aliphatic carbocycles. The van der Waals surface area contributed by atoms with Crippen molar-refractivity contribution in [2.24, 2.45) is 5.73 Å². The number of nitrogens with two attached hydrogens (primary N) is 1. The number of hydrogen-bond donors (Lipinski definition) is 2.